The first-order valence-electron chi connectivity index (χ1n) is 5.27. The number of benzene rings is 1. The lowest BCUT2D eigenvalue weighted by atomic mass is 10.2. The lowest BCUT2D eigenvalue weighted by Gasteiger charge is -2.09. The van der Waals surface area contributed by atoms with E-state index in [0.717, 1.165) is 6.04 Å². The Morgan fingerprint density at radius 3 is 3.14 bits per heavy atom. The molecule has 2 heteroatoms. The minimum atomic E-state index is 0.737. The number of hydrogen-bond acceptors (Lipinski definition) is 2. The summed E-state index contributed by atoms with van der Waals surface area (Å²) in [4.78, 5) is 1.40. The third kappa shape index (κ3) is 2.76. The molecule has 14 heavy (non-hydrogen) atoms. The second kappa shape index (κ2) is 4.85. The molecule has 1 fully saturated rings. The number of aryl methyl sites for hydroxylation is 1. The van der Waals surface area contributed by atoms with Crippen LogP contribution in [0.4, 0.5) is 0 Å². The summed E-state index contributed by atoms with van der Waals surface area (Å²) in [5.74, 6) is 1.21. The van der Waals surface area contributed by atoms with Gasteiger partial charge in [-0.25, -0.2) is 0 Å². The molecule has 0 saturated carbocycles. The van der Waals surface area contributed by atoms with Gasteiger partial charge < -0.3 is 5.32 Å². The molecule has 0 radical (unpaired) electrons. The summed E-state index contributed by atoms with van der Waals surface area (Å²) in [6.45, 7) is 3.36. The topological polar surface area (TPSA) is 12.0 Å². The highest BCUT2D eigenvalue weighted by atomic mass is 32.2. The SMILES string of the molecule is Cc1cccc(SC[C@H]2CCCN2)c1. The molecule has 0 amide bonds. The molecule has 1 heterocycles. The number of hydrogen-bond donors (Lipinski definition) is 1. The smallest absolute Gasteiger partial charge is 0.0162 e. The molecule has 1 aromatic rings. The van der Waals surface area contributed by atoms with E-state index in [1.54, 1.807) is 0 Å². The van der Waals surface area contributed by atoms with Crippen LogP contribution in [0, 0.1) is 6.92 Å². The Morgan fingerprint density at radius 1 is 1.50 bits per heavy atom. The first-order valence-corrected chi connectivity index (χ1v) is 6.26. The lowest BCUT2D eigenvalue weighted by molar-refractivity contribution is 0.674. The predicted molar refractivity (Wildman–Crippen MR) is 62.9 cm³/mol. The zero-order valence-corrected chi connectivity index (χ0v) is 9.44. The van der Waals surface area contributed by atoms with Gasteiger partial charge in [0, 0.05) is 16.7 Å². The first-order chi connectivity index (χ1) is 6.84. The monoisotopic (exact) mass is 207 g/mol. The van der Waals surface area contributed by atoms with E-state index >= 15 is 0 Å². The standard InChI is InChI=1S/C12H17NS/c1-10-4-2-6-12(8-10)14-9-11-5-3-7-13-11/h2,4,6,8,11,13H,3,5,7,9H2,1H3/t11-/m1/s1. The summed E-state index contributed by atoms with van der Waals surface area (Å²) in [6.07, 6.45) is 2.69. The number of thioether (sulfide) groups is 1. The van der Waals surface area contributed by atoms with Crippen molar-refractivity contribution in [2.45, 2.75) is 30.7 Å². The minimum Gasteiger partial charge on any atom is -0.313 e. The Kier molecular flexibility index (Phi) is 3.49. The van der Waals surface area contributed by atoms with Crippen LogP contribution in [-0.2, 0) is 0 Å². The highest BCUT2D eigenvalue weighted by Crippen LogP contribution is 2.21. The van der Waals surface area contributed by atoms with Gasteiger partial charge in [-0.3, -0.25) is 0 Å². The van der Waals surface area contributed by atoms with Crippen LogP contribution in [0.25, 0.3) is 0 Å². The molecule has 1 saturated heterocycles. The Bertz CT molecular complexity index is 292. The molecular weight excluding hydrogens is 190 g/mol. The van der Waals surface area contributed by atoms with Crippen molar-refractivity contribution in [2.24, 2.45) is 0 Å². The molecule has 0 spiro atoms. The van der Waals surface area contributed by atoms with Crippen molar-refractivity contribution in [1.82, 2.24) is 5.32 Å². The highest BCUT2D eigenvalue weighted by Gasteiger charge is 2.13. The molecule has 0 aromatic heterocycles. The molecule has 76 valence electrons. The average Bonchev–Trinajstić information content (AvgIpc) is 2.67. The van der Waals surface area contributed by atoms with Gasteiger partial charge in [-0.15, -0.1) is 11.8 Å². The Hall–Kier alpha value is -0.470. The molecule has 1 N–H and O–H groups in total. The molecule has 1 aromatic carbocycles. The fourth-order valence-electron chi connectivity index (χ4n) is 1.80. The van der Waals surface area contributed by atoms with Crippen LogP contribution in [0.3, 0.4) is 0 Å². The highest BCUT2D eigenvalue weighted by molar-refractivity contribution is 7.99. The quantitative estimate of drug-likeness (QED) is 0.765. The summed E-state index contributed by atoms with van der Waals surface area (Å²) in [5.41, 5.74) is 1.36. The predicted octanol–water partition coefficient (Wildman–Crippen LogP) is 2.84. The summed E-state index contributed by atoms with van der Waals surface area (Å²) < 4.78 is 0. The van der Waals surface area contributed by atoms with Gasteiger partial charge in [-0.2, -0.15) is 0 Å². The lowest BCUT2D eigenvalue weighted by Crippen LogP contribution is -2.23. The van der Waals surface area contributed by atoms with Crippen molar-refractivity contribution in [1.29, 1.82) is 0 Å². The van der Waals surface area contributed by atoms with Crippen LogP contribution < -0.4 is 5.32 Å². The van der Waals surface area contributed by atoms with E-state index < -0.39 is 0 Å². The molecule has 0 bridgehead atoms. The van der Waals surface area contributed by atoms with Gasteiger partial charge in [0.05, 0.1) is 0 Å². The molecule has 1 aliphatic rings. The van der Waals surface area contributed by atoms with Crippen LogP contribution in [0.1, 0.15) is 18.4 Å². The van der Waals surface area contributed by atoms with Crippen LogP contribution in [0.2, 0.25) is 0 Å². The van der Waals surface area contributed by atoms with Gasteiger partial charge in [0.25, 0.3) is 0 Å². The second-order valence-electron chi connectivity index (χ2n) is 3.92. The average molecular weight is 207 g/mol. The molecular formula is C12H17NS. The van der Waals surface area contributed by atoms with Gasteiger partial charge >= 0.3 is 0 Å². The second-order valence-corrected chi connectivity index (χ2v) is 5.01. The first kappa shape index (κ1) is 10.1. The number of nitrogens with one attached hydrogen (secondary N) is 1. The molecule has 1 atom stereocenters. The maximum Gasteiger partial charge on any atom is 0.0162 e. The van der Waals surface area contributed by atoms with Crippen LogP contribution in [-0.4, -0.2) is 18.3 Å². The maximum absolute atomic E-state index is 3.52. The van der Waals surface area contributed by atoms with Crippen molar-refractivity contribution in [3.63, 3.8) is 0 Å². The molecule has 1 nitrogen and oxygen atoms in total. The number of rotatable bonds is 3. The fraction of sp³-hybridized carbons (Fsp3) is 0.500. The maximum atomic E-state index is 3.52. The summed E-state index contributed by atoms with van der Waals surface area (Å²) in [7, 11) is 0. The third-order valence-electron chi connectivity index (χ3n) is 2.60. The normalized spacial score (nSPS) is 21.4. The van der Waals surface area contributed by atoms with Crippen molar-refractivity contribution < 1.29 is 0 Å². The molecule has 0 unspecified atom stereocenters. The van der Waals surface area contributed by atoms with E-state index in [1.807, 2.05) is 11.8 Å². The van der Waals surface area contributed by atoms with Crippen molar-refractivity contribution in [3.8, 4) is 0 Å². The van der Waals surface area contributed by atoms with Gasteiger partial charge in [0.15, 0.2) is 0 Å². The zero-order chi connectivity index (χ0) is 9.80. The minimum absolute atomic E-state index is 0.737. The van der Waals surface area contributed by atoms with Gasteiger partial charge in [0.1, 0.15) is 0 Å². The van der Waals surface area contributed by atoms with Crippen LogP contribution >= 0.6 is 11.8 Å². The van der Waals surface area contributed by atoms with Gasteiger partial charge in [0.2, 0.25) is 0 Å². The Morgan fingerprint density at radius 2 is 2.43 bits per heavy atom. The molecule has 2 rings (SSSR count). The van der Waals surface area contributed by atoms with E-state index in [0.29, 0.717) is 0 Å². The van der Waals surface area contributed by atoms with Crippen LogP contribution in [0.15, 0.2) is 29.2 Å². The van der Waals surface area contributed by atoms with Gasteiger partial charge in [-0.1, -0.05) is 17.7 Å². The fourth-order valence-corrected chi connectivity index (χ4v) is 2.92. The van der Waals surface area contributed by atoms with E-state index in [2.05, 4.69) is 36.5 Å². The largest absolute Gasteiger partial charge is 0.313 e. The summed E-state index contributed by atoms with van der Waals surface area (Å²) in [5, 5.41) is 3.52. The van der Waals surface area contributed by atoms with E-state index in [-0.39, 0.29) is 0 Å². The third-order valence-corrected chi connectivity index (χ3v) is 3.76. The summed E-state index contributed by atoms with van der Waals surface area (Å²) in [6, 6.07) is 9.49. The van der Waals surface area contributed by atoms with Crippen molar-refractivity contribution >= 4 is 11.8 Å². The molecule has 0 aliphatic carbocycles. The zero-order valence-electron chi connectivity index (χ0n) is 8.62. The Labute approximate surface area is 90.3 Å². The Balaban J connectivity index is 1.85. The summed E-state index contributed by atoms with van der Waals surface area (Å²) >= 11 is 1.97. The molecule has 1 aliphatic heterocycles. The van der Waals surface area contributed by atoms with E-state index in [4.69, 9.17) is 0 Å². The van der Waals surface area contributed by atoms with Crippen molar-refractivity contribution in [2.75, 3.05) is 12.3 Å². The van der Waals surface area contributed by atoms with E-state index in [1.165, 1.54) is 35.6 Å². The van der Waals surface area contributed by atoms with Crippen LogP contribution in [0.5, 0.6) is 0 Å². The van der Waals surface area contributed by atoms with E-state index in [9.17, 15) is 0 Å². The van der Waals surface area contributed by atoms with Crippen molar-refractivity contribution in [3.05, 3.63) is 29.8 Å². The van der Waals surface area contributed by atoms with Gasteiger partial charge in [-0.05, 0) is 38.4 Å².